The normalized spacial score (nSPS) is 9.60. The summed E-state index contributed by atoms with van der Waals surface area (Å²) in [6.07, 6.45) is 1.72. The quantitative estimate of drug-likeness (QED) is 0.736. The highest BCUT2D eigenvalue weighted by Crippen LogP contribution is 2.26. The minimum atomic E-state index is 0.656. The van der Waals surface area contributed by atoms with Crippen LogP contribution in [0.15, 0.2) is 47.2 Å². The monoisotopic (exact) mass is 258 g/mol. The molecule has 0 fully saturated rings. The maximum atomic E-state index is 8.80. The standard InChI is InChI=1S/C12H7BrN2/c13-12-11(5-2-6-15-12)10-4-1-3-9(7-10)8-14/h1-7H. The van der Waals surface area contributed by atoms with E-state index >= 15 is 0 Å². The largest absolute Gasteiger partial charge is 0.249 e. The molecule has 0 N–H and O–H groups in total. The van der Waals surface area contributed by atoms with Crippen molar-refractivity contribution in [2.45, 2.75) is 0 Å². The Balaban J connectivity index is 2.55. The van der Waals surface area contributed by atoms with Gasteiger partial charge in [0.15, 0.2) is 0 Å². The van der Waals surface area contributed by atoms with Crippen molar-refractivity contribution < 1.29 is 0 Å². The second-order valence-electron chi connectivity index (χ2n) is 3.03. The van der Waals surface area contributed by atoms with Gasteiger partial charge in [-0.05, 0) is 39.7 Å². The predicted molar refractivity (Wildman–Crippen MR) is 62.1 cm³/mol. The first-order valence-electron chi connectivity index (χ1n) is 4.42. The molecule has 2 rings (SSSR count). The maximum Gasteiger partial charge on any atom is 0.113 e. The molecule has 0 bridgehead atoms. The fourth-order valence-electron chi connectivity index (χ4n) is 1.36. The van der Waals surface area contributed by atoms with Crippen LogP contribution in [-0.2, 0) is 0 Å². The van der Waals surface area contributed by atoms with Gasteiger partial charge < -0.3 is 0 Å². The molecular formula is C12H7BrN2. The number of nitrogens with zero attached hydrogens (tertiary/aromatic N) is 2. The number of rotatable bonds is 1. The Labute approximate surface area is 96.3 Å². The molecule has 0 amide bonds. The third-order valence-corrected chi connectivity index (χ3v) is 2.69. The van der Waals surface area contributed by atoms with Crippen molar-refractivity contribution in [3.8, 4) is 17.2 Å². The van der Waals surface area contributed by atoms with E-state index in [1.54, 1.807) is 12.3 Å². The second-order valence-corrected chi connectivity index (χ2v) is 3.79. The summed E-state index contributed by atoms with van der Waals surface area (Å²) in [4.78, 5) is 4.14. The summed E-state index contributed by atoms with van der Waals surface area (Å²) in [7, 11) is 0. The fraction of sp³-hybridized carbons (Fsp3) is 0. The van der Waals surface area contributed by atoms with Gasteiger partial charge in [-0.25, -0.2) is 4.98 Å². The second kappa shape index (κ2) is 4.24. The Kier molecular flexibility index (Phi) is 2.79. The molecule has 15 heavy (non-hydrogen) atoms. The Bertz CT molecular complexity index is 529. The Hall–Kier alpha value is -1.66. The molecule has 0 saturated heterocycles. The fourth-order valence-corrected chi connectivity index (χ4v) is 1.84. The lowest BCUT2D eigenvalue weighted by atomic mass is 10.1. The van der Waals surface area contributed by atoms with Gasteiger partial charge in [0, 0.05) is 11.8 Å². The first-order chi connectivity index (χ1) is 7.31. The highest BCUT2D eigenvalue weighted by atomic mass is 79.9. The molecule has 72 valence electrons. The lowest BCUT2D eigenvalue weighted by molar-refractivity contribution is 1.28. The summed E-state index contributed by atoms with van der Waals surface area (Å²) in [6, 6.07) is 13.4. The van der Waals surface area contributed by atoms with Gasteiger partial charge in [0.2, 0.25) is 0 Å². The molecule has 0 spiro atoms. The van der Waals surface area contributed by atoms with Crippen molar-refractivity contribution in [2.75, 3.05) is 0 Å². The van der Waals surface area contributed by atoms with E-state index in [0.717, 1.165) is 15.7 Å². The SMILES string of the molecule is N#Cc1cccc(-c2cccnc2Br)c1. The molecule has 3 heteroatoms. The molecule has 0 aliphatic heterocycles. The van der Waals surface area contributed by atoms with Gasteiger partial charge in [0.05, 0.1) is 11.6 Å². The van der Waals surface area contributed by atoms with E-state index in [1.165, 1.54) is 0 Å². The van der Waals surface area contributed by atoms with Crippen LogP contribution in [0, 0.1) is 11.3 Å². The predicted octanol–water partition coefficient (Wildman–Crippen LogP) is 3.38. The molecule has 0 saturated carbocycles. The minimum Gasteiger partial charge on any atom is -0.249 e. The van der Waals surface area contributed by atoms with Crippen molar-refractivity contribution in [3.05, 3.63) is 52.8 Å². The van der Waals surface area contributed by atoms with Crippen LogP contribution in [0.3, 0.4) is 0 Å². The van der Waals surface area contributed by atoms with Crippen molar-refractivity contribution in [1.29, 1.82) is 5.26 Å². The van der Waals surface area contributed by atoms with Crippen LogP contribution >= 0.6 is 15.9 Å². The molecule has 0 atom stereocenters. The maximum absolute atomic E-state index is 8.80. The molecule has 0 aliphatic rings. The molecule has 1 aromatic heterocycles. The van der Waals surface area contributed by atoms with E-state index in [1.807, 2.05) is 30.3 Å². The summed E-state index contributed by atoms with van der Waals surface area (Å²) in [6.45, 7) is 0. The van der Waals surface area contributed by atoms with E-state index in [-0.39, 0.29) is 0 Å². The van der Waals surface area contributed by atoms with Crippen LogP contribution in [-0.4, -0.2) is 4.98 Å². The molecule has 0 unspecified atom stereocenters. The van der Waals surface area contributed by atoms with Crippen LogP contribution in [0.2, 0.25) is 0 Å². The summed E-state index contributed by atoms with van der Waals surface area (Å²) in [5.41, 5.74) is 2.65. The number of aromatic nitrogens is 1. The van der Waals surface area contributed by atoms with Gasteiger partial charge >= 0.3 is 0 Å². The van der Waals surface area contributed by atoms with E-state index < -0.39 is 0 Å². The Morgan fingerprint density at radius 3 is 2.80 bits per heavy atom. The number of benzene rings is 1. The topological polar surface area (TPSA) is 36.7 Å². The van der Waals surface area contributed by atoms with Gasteiger partial charge in [-0.1, -0.05) is 18.2 Å². The summed E-state index contributed by atoms with van der Waals surface area (Å²) < 4.78 is 0.792. The highest BCUT2D eigenvalue weighted by molar-refractivity contribution is 9.10. The van der Waals surface area contributed by atoms with E-state index in [2.05, 4.69) is 27.0 Å². The van der Waals surface area contributed by atoms with Crippen molar-refractivity contribution in [3.63, 3.8) is 0 Å². The number of hydrogen-bond donors (Lipinski definition) is 0. The van der Waals surface area contributed by atoms with Crippen LogP contribution in [0.25, 0.3) is 11.1 Å². The minimum absolute atomic E-state index is 0.656. The van der Waals surface area contributed by atoms with Crippen LogP contribution < -0.4 is 0 Å². The lowest BCUT2D eigenvalue weighted by Gasteiger charge is -2.03. The molecule has 0 aliphatic carbocycles. The van der Waals surface area contributed by atoms with E-state index in [0.29, 0.717) is 5.56 Å². The van der Waals surface area contributed by atoms with Crippen LogP contribution in [0.4, 0.5) is 0 Å². The molecule has 1 heterocycles. The number of hydrogen-bond acceptors (Lipinski definition) is 2. The average Bonchev–Trinajstić information content (AvgIpc) is 2.30. The van der Waals surface area contributed by atoms with Crippen LogP contribution in [0.5, 0.6) is 0 Å². The van der Waals surface area contributed by atoms with Crippen molar-refractivity contribution >= 4 is 15.9 Å². The summed E-state index contributed by atoms with van der Waals surface area (Å²) in [5, 5.41) is 8.80. The van der Waals surface area contributed by atoms with Crippen molar-refractivity contribution in [2.24, 2.45) is 0 Å². The first kappa shape index (κ1) is 9.88. The smallest absolute Gasteiger partial charge is 0.113 e. The zero-order chi connectivity index (χ0) is 10.7. The highest BCUT2D eigenvalue weighted by Gasteiger charge is 2.03. The van der Waals surface area contributed by atoms with Gasteiger partial charge in [-0.2, -0.15) is 5.26 Å². The van der Waals surface area contributed by atoms with Gasteiger partial charge in [0.1, 0.15) is 4.60 Å². The average molecular weight is 259 g/mol. The van der Waals surface area contributed by atoms with Gasteiger partial charge in [-0.15, -0.1) is 0 Å². The molecule has 2 aromatic rings. The summed E-state index contributed by atoms with van der Waals surface area (Å²) in [5.74, 6) is 0. The van der Waals surface area contributed by atoms with E-state index in [4.69, 9.17) is 5.26 Å². The number of pyridine rings is 1. The molecular weight excluding hydrogens is 252 g/mol. The third-order valence-electron chi connectivity index (χ3n) is 2.06. The number of nitriles is 1. The third kappa shape index (κ3) is 2.05. The Morgan fingerprint density at radius 2 is 2.07 bits per heavy atom. The Morgan fingerprint density at radius 1 is 1.20 bits per heavy atom. The van der Waals surface area contributed by atoms with Gasteiger partial charge in [0.25, 0.3) is 0 Å². The van der Waals surface area contributed by atoms with Crippen molar-refractivity contribution in [1.82, 2.24) is 4.98 Å². The summed E-state index contributed by atoms with van der Waals surface area (Å²) >= 11 is 3.39. The first-order valence-corrected chi connectivity index (χ1v) is 5.21. The zero-order valence-corrected chi connectivity index (χ0v) is 9.40. The molecule has 2 nitrogen and oxygen atoms in total. The molecule has 1 aromatic carbocycles. The lowest BCUT2D eigenvalue weighted by Crippen LogP contribution is -1.83. The molecule has 0 radical (unpaired) electrons. The number of halogens is 1. The van der Waals surface area contributed by atoms with Gasteiger partial charge in [-0.3, -0.25) is 0 Å². The van der Waals surface area contributed by atoms with E-state index in [9.17, 15) is 0 Å². The zero-order valence-electron chi connectivity index (χ0n) is 7.81. The van der Waals surface area contributed by atoms with Crippen LogP contribution in [0.1, 0.15) is 5.56 Å².